The Balaban J connectivity index is 1.86. The molecule has 39 heavy (non-hydrogen) atoms. The average molecular weight is 660 g/mol. The van der Waals surface area contributed by atoms with Crippen molar-refractivity contribution in [3.63, 3.8) is 0 Å². The number of benzene rings is 3. The first-order chi connectivity index (χ1) is 18.6. The number of hydrogen-bond acceptors (Lipinski definition) is 8. The van der Waals surface area contributed by atoms with E-state index in [-0.39, 0.29) is 35.2 Å². The summed E-state index contributed by atoms with van der Waals surface area (Å²) in [6, 6.07) is 17.2. The van der Waals surface area contributed by atoms with Gasteiger partial charge >= 0.3 is 16.1 Å². The number of carbonyl (C=O) groups is 2. The van der Waals surface area contributed by atoms with Crippen molar-refractivity contribution in [2.75, 3.05) is 18.5 Å². The normalized spacial score (nSPS) is 11.3. The number of anilines is 1. The number of carbonyl (C=O) groups excluding carboxylic acids is 2. The van der Waals surface area contributed by atoms with Crippen molar-refractivity contribution >= 4 is 56.3 Å². The molecule has 0 aromatic heterocycles. The lowest BCUT2D eigenvalue weighted by Gasteiger charge is -2.15. The number of ether oxygens (including phenoxy) is 2. The van der Waals surface area contributed by atoms with E-state index in [4.69, 9.17) is 13.7 Å². The number of esters is 1. The van der Waals surface area contributed by atoms with Gasteiger partial charge in [0, 0.05) is 5.69 Å². The van der Waals surface area contributed by atoms with Gasteiger partial charge in [-0.3, -0.25) is 4.79 Å². The summed E-state index contributed by atoms with van der Waals surface area (Å²) in [6.45, 7) is 5.74. The molecule has 0 heterocycles. The van der Waals surface area contributed by atoms with Crippen LogP contribution in [0.2, 0.25) is 0 Å². The van der Waals surface area contributed by atoms with Gasteiger partial charge in [0.15, 0.2) is 11.5 Å². The van der Waals surface area contributed by atoms with Crippen LogP contribution in [0.3, 0.4) is 0 Å². The van der Waals surface area contributed by atoms with Gasteiger partial charge in [0.1, 0.15) is 16.5 Å². The fourth-order valence-electron chi connectivity index (χ4n) is 3.30. The minimum atomic E-state index is -4.14. The van der Waals surface area contributed by atoms with E-state index >= 15 is 0 Å². The summed E-state index contributed by atoms with van der Waals surface area (Å²) in [4.78, 5) is 24.6. The molecule has 0 radical (unpaired) electrons. The van der Waals surface area contributed by atoms with E-state index in [2.05, 4.69) is 5.32 Å². The number of hydrogen-bond donors (Lipinski definition) is 1. The minimum absolute atomic E-state index is 0.000163. The number of nitrogens with zero attached hydrogens (tertiary/aromatic N) is 1. The van der Waals surface area contributed by atoms with Gasteiger partial charge < -0.3 is 19.0 Å². The third-order valence-corrected chi connectivity index (χ3v) is 7.20. The van der Waals surface area contributed by atoms with Crippen molar-refractivity contribution < 1.29 is 31.7 Å². The molecule has 0 bridgehead atoms. The first-order valence-corrected chi connectivity index (χ1v) is 14.2. The second kappa shape index (κ2) is 13.3. The Morgan fingerprint density at radius 1 is 1.03 bits per heavy atom. The summed E-state index contributed by atoms with van der Waals surface area (Å²) in [7, 11) is -4.14. The highest BCUT2D eigenvalue weighted by Crippen LogP contribution is 2.37. The molecule has 0 aliphatic rings. The van der Waals surface area contributed by atoms with Crippen molar-refractivity contribution in [2.24, 2.45) is 0 Å². The lowest BCUT2D eigenvalue weighted by Crippen LogP contribution is -2.14. The van der Waals surface area contributed by atoms with E-state index in [9.17, 15) is 23.3 Å². The summed E-state index contributed by atoms with van der Waals surface area (Å²) < 4.78 is 42.1. The van der Waals surface area contributed by atoms with Crippen LogP contribution in [0.5, 0.6) is 11.5 Å². The van der Waals surface area contributed by atoms with Gasteiger partial charge in [-0.2, -0.15) is 13.7 Å². The standard InChI is InChI=1S/C28H25IN2O7S/c1-4-36-25-16-19(15-24(29)26(25)38-39(34,35)23-12-6-18(3)7-13-23)14-21(17-30)27(32)31-22-10-8-20(9-11-22)28(33)37-5-2/h6-16H,4-5H2,1-3H3,(H,31,32)/b21-14+. The van der Waals surface area contributed by atoms with E-state index < -0.39 is 22.0 Å². The molecule has 0 spiro atoms. The molecule has 0 saturated heterocycles. The molecule has 0 aliphatic heterocycles. The van der Waals surface area contributed by atoms with Gasteiger partial charge in [-0.25, -0.2) is 4.79 Å². The topological polar surface area (TPSA) is 132 Å². The molecular formula is C28H25IN2O7S. The highest BCUT2D eigenvalue weighted by atomic mass is 127. The van der Waals surface area contributed by atoms with Crippen LogP contribution in [0.4, 0.5) is 5.69 Å². The molecule has 0 unspecified atom stereocenters. The van der Waals surface area contributed by atoms with Gasteiger partial charge in [-0.1, -0.05) is 17.7 Å². The molecule has 1 N–H and O–H groups in total. The highest BCUT2D eigenvalue weighted by Gasteiger charge is 2.22. The van der Waals surface area contributed by atoms with E-state index in [1.165, 1.54) is 48.5 Å². The van der Waals surface area contributed by atoms with Crippen molar-refractivity contribution in [1.82, 2.24) is 0 Å². The Labute approximate surface area is 240 Å². The van der Waals surface area contributed by atoms with Crippen molar-refractivity contribution in [1.29, 1.82) is 5.26 Å². The fraction of sp³-hybridized carbons (Fsp3) is 0.179. The zero-order chi connectivity index (χ0) is 28.6. The fourth-order valence-corrected chi connectivity index (χ4v) is 5.14. The monoisotopic (exact) mass is 660 g/mol. The SMILES string of the molecule is CCOC(=O)c1ccc(NC(=O)/C(C#N)=C/c2cc(I)c(OS(=O)(=O)c3ccc(C)cc3)c(OCC)c2)cc1. The minimum Gasteiger partial charge on any atom is -0.490 e. The Kier molecular flexibility index (Phi) is 10.1. The number of nitriles is 1. The lowest BCUT2D eigenvalue weighted by molar-refractivity contribution is -0.112. The number of halogens is 1. The second-order valence-corrected chi connectivity index (χ2v) is 10.7. The van der Waals surface area contributed by atoms with Crippen LogP contribution in [-0.2, 0) is 19.6 Å². The van der Waals surface area contributed by atoms with Crippen LogP contribution in [0.1, 0.15) is 35.3 Å². The van der Waals surface area contributed by atoms with Crippen LogP contribution in [0.15, 0.2) is 71.1 Å². The van der Waals surface area contributed by atoms with Crippen LogP contribution >= 0.6 is 22.6 Å². The average Bonchev–Trinajstić information content (AvgIpc) is 2.90. The Morgan fingerprint density at radius 2 is 1.69 bits per heavy atom. The number of amides is 1. The smallest absolute Gasteiger partial charge is 0.339 e. The summed E-state index contributed by atoms with van der Waals surface area (Å²) >= 11 is 1.90. The summed E-state index contributed by atoms with van der Waals surface area (Å²) in [6.07, 6.45) is 1.35. The summed E-state index contributed by atoms with van der Waals surface area (Å²) in [5.74, 6) is -1.01. The zero-order valence-electron chi connectivity index (χ0n) is 21.4. The maximum Gasteiger partial charge on any atom is 0.339 e. The number of nitrogens with one attached hydrogen (secondary N) is 1. The molecule has 202 valence electrons. The Hall–Kier alpha value is -3.89. The van der Waals surface area contributed by atoms with Crippen LogP contribution in [0, 0.1) is 21.8 Å². The van der Waals surface area contributed by atoms with Gasteiger partial charge in [0.25, 0.3) is 5.91 Å². The van der Waals surface area contributed by atoms with Gasteiger partial charge in [0.2, 0.25) is 0 Å². The quantitative estimate of drug-likeness (QED) is 0.0994. The van der Waals surface area contributed by atoms with Crippen LogP contribution in [0.25, 0.3) is 6.08 Å². The first-order valence-electron chi connectivity index (χ1n) is 11.8. The predicted molar refractivity (Wildman–Crippen MR) is 154 cm³/mol. The maximum absolute atomic E-state index is 12.9. The van der Waals surface area contributed by atoms with Crippen molar-refractivity contribution in [3.8, 4) is 17.6 Å². The number of aryl methyl sites for hydroxylation is 1. The Morgan fingerprint density at radius 3 is 2.28 bits per heavy atom. The Bertz CT molecular complexity index is 1540. The third-order valence-electron chi connectivity index (χ3n) is 5.16. The van der Waals surface area contributed by atoms with E-state index in [1.54, 1.807) is 32.0 Å². The predicted octanol–water partition coefficient (Wildman–Crippen LogP) is 5.49. The molecule has 9 nitrogen and oxygen atoms in total. The first kappa shape index (κ1) is 29.7. The molecule has 1 amide bonds. The molecule has 3 aromatic carbocycles. The van der Waals surface area contributed by atoms with E-state index in [1.807, 2.05) is 35.6 Å². The maximum atomic E-state index is 12.9. The summed E-state index contributed by atoms with van der Waals surface area (Å²) in [5, 5.41) is 12.2. The van der Waals surface area contributed by atoms with Gasteiger partial charge in [-0.05, 0) is 104 Å². The lowest BCUT2D eigenvalue weighted by atomic mass is 10.1. The second-order valence-electron chi connectivity index (χ2n) is 8.04. The number of rotatable bonds is 10. The molecule has 3 aromatic rings. The molecule has 11 heteroatoms. The van der Waals surface area contributed by atoms with Crippen molar-refractivity contribution in [2.45, 2.75) is 25.7 Å². The van der Waals surface area contributed by atoms with Crippen LogP contribution in [-0.4, -0.2) is 33.5 Å². The van der Waals surface area contributed by atoms with E-state index in [0.717, 1.165) is 5.56 Å². The molecule has 0 saturated carbocycles. The van der Waals surface area contributed by atoms with Crippen LogP contribution < -0.4 is 14.2 Å². The van der Waals surface area contributed by atoms with Crippen molar-refractivity contribution in [3.05, 3.63) is 86.5 Å². The molecule has 0 aliphatic carbocycles. The highest BCUT2D eigenvalue weighted by molar-refractivity contribution is 14.1. The zero-order valence-corrected chi connectivity index (χ0v) is 24.3. The molecular weight excluding hydrogens is 635 g/mol. The molecule has 0 atom stereocenters. The van der Waals surface area contributed by atoms with Gasteiger partial charge in [0.05, 0.1) is 22.3 Å². The third kappa shape index (κ3) is 7.81. The van der Waals surface area contributed by atoms with Gasteiger partial charge in [-0.15, -0.1) is 0 Å². The molecule has 0 fully saturated rings. The largest absolute Gasteiger partial charge is 0.490 e. The molecule has 3 rings (SSSR count). The van der Waals surface area contributed by atoms with E-state index in [0.29, 0.717) is 20.4 Å². The summed E-state index contributed by atoms with van der Waals surface area (Å²) in [5.41, 5.74) is 1.83.